The van der Waals surface area contributed by atoms with Crippen molar-refractivity contribution in [3.05, 3.63) is 112 Å². The van der Waals surface area contributed by atoms with Gasteiger partial charge in [0.15, 0.2) is 0 Å². The van der Waals surface area contributed by atoms with E-state index in [1.165, 1.54) is 30.6 Å². The highest BCUT2D eigenvalue weighted by Gasteiger charge is 2.34. The van der Waals surface area contributed by atoms with Gasteiger partial charge in [-0.2, -0.15) is 0 Å². The second-order valence-corrected chi connectivity index (χ2v) is 8.70. The lowest BCUT2D eigenvalue weighted by molar-refractivity contribution is -0.134. The fourth-order valence-corrected chi connectivity index (χ4v) is 4.65. The molecular weight excluding hydrogens is 495 g/mol. The van der Waals surface area contributed by atoms with Gasteiger partial charge in [-0.15, -0.1) is 0 Å². The molecule has 2 heterocycles. The molecule has 0 saturated heterocycles. The van der Waals surface area contributed by atoms with Crippen LogP contribution < -0.4 is 0 Å². The first-order chi connectivity index (χ1) is 17.0. The zero-order valence-electron chi connectivity index (χ0n) is 17.9. The van der Waals surface area contributed by atoms with Crippen LogP contribution in [0.15, 0.2) is 73.2 Å². The summed E-state index contributed by atoms with van der Waals surface area (Å²) in [5.74, 6) is -2.02. The van der Waals surface area contributed by atoms with Gasteiger partial charge in [0.25, 0.3) is 6.47 Å². The molecule has 176 valence electrons. The summed E-state index contributed by atoms with van der Waals surface area (Å²) in [7, 11) is 0. The number of rotatable bonds is 7. The zero-order chi connectivity index (χ0) is 24.5. The highest BCUT2D eigenvalue weighted by Crippen LogP contribution is 2.44. The van der Waals surface area contributed by atoms with Gasteiger partial charge in [-0.25, -0.2) is 13.8 Å². The van der Waals surface area contributed by atoms with Crippen molar-refractivity contribution >= 4 is 40.6 Å². The Balaban J connectivity index is 1.75. The van der Waals surface area contributed by atoms with E-state index in [4.69, 9.17) is 27.9 Å². The number of hydrogen-bond acceptors (Lipinski definition) is 3. The van der Waals surface area contributed by atoms with E-state index >= 15 is 4.39 Å². The first kappa shape index (κ1) is 23.1. The molecule has 5 rings (SSSR count). The number of imidazole rings is 1. The second kappa shape index (κ2) is 9.52. The highest BCUT2D eigenvalue weighted by atomic mass is 35.5. The lowest BCUT2D eigenvalue weighted by Gasteiger charge is -2.27. The second-order valence-electron chi connectivity index (χ2n) is 7.89. The maximum Gasteiger partial charge on any atom is 0.293 e. The molecule has 0 bridgehead atoms. The van der Waals surface area contributed by atoms with Crippen molar-refractivity contribution in [2.75, 3.05) is 0 Å². The molecule has 9 heteroatoms. The van der Waals surface area contributed by atoms with Crippen LogP contribution in [0.3, 0.4) is 0 Å². The zero-order valence-corrected chi connectivity index (χ0v) is 19.4. The minimum absolute atomic E-state index is 0.0611. The molecule has 2 atom stereocenters. The average Bonchev–Trinajstić information content (AvgIpc) is 3.52. The average molecular weight is 512 g/mol. The molecule has 0 saturated carbocycles. The van der Waals surface area contributed by atoms with Crippen LogP contribution in [0.4, 0.5) is 8.78 Å². The van der Waals surface area contributed by atoms with Crippen molar-refractivity contribution in [1.29, 1.82) is 0 Å². The molecule has 0 aliphatic rings. The summed E-state index contributed by atoms with van der Waals surface area (Å²) >= 11 is 12.1. The Hall–Kier alpha value is -3.68. The number of hydrogen-bond donors (Lipinski definition) is 2. The van der Waals surface area contributed by atoms with Gasteiger partial charge in [-0.3, -0.25) is 4.79 Å². The maximum absolute atomic E-state index is 15.2. The number of nitrogens with zero attached hydrogens (tertiary/aromatic N) is 1. The normalized spacial score (nSPS) is 13.0. The van der Waals surface area contributed by atoms with Gasteiger partial charge < -0.3 is 14.7 Å². The number of halogens is 4. The number of carbonyl (C=O) groups is 1. The summed E-state index contributed by atoms with van der Waals surface area (Å²) in [6, 6.07) is 16.4. The van der Waals surface area contributed by atoms with E-state index < -0.39 is 23.7 Å². The van der Waals surface area contributed by atoms with Gasteiger partial charge >= 0.3 is 0 Å². The minimum atomic E-state index is -1.11. The number of H-pyrrole nitrogens is 2. The number of carbonyl (C=O) groups excluding carboxylic acids is 1. The smallest absolute Gasteiger partial charge is 0.293 e. The molecule has 2 unspecified atom stereocenters. The van der Waals surface area contributed by atoms with Crippen molar-refractivity contribution in [2.24, 2.45) is 0 Å². The third kappa shape index (κ3) is 4.29. The standard InChI is InChI=1S/C26H17Cl2F2N3O2/c27-18-3-1-2-17(23(18)30)26(35-13-34)22(15-5-4-14-8-9-31-21(14)11-15)25-24(32-12-33-25)16-6-7-20(29)19(28)10-16/h1-13,22,26,31H,(H,32,33). The van der Waals surface area contributed by atoms with E-state index in [1.807, 2.05) is 24.3 Å². The van der Waals surface area contributed by atoms with E-state index in [0.29, 0.717) is 22.5 Å². The van der Waals surface area contributed by atoms with Gasteiger partial charge in [0.05, 0.1) is 33.7 Å². The van der Waals surface area contributed by atoms with Gasteiger partial charge in [0.2, 0.25) is 0 Å². The van der Waals surface area contributed by atoms with E-state index in [1.54, 1.807) is 18.3 Å². The number of ether oxygens (including phenoxy) is 1. The third-order valence-corrected chi connectivity index (χ3v) is 6.48. The van der Waals surface area contributed by atoms with Crippen molar-refractivity contribution in [1.82, 2.24) is 15.0 Å². The molecule has 5 nitrogen and oxygen atoms in total. The summed E-state index contributed by atoms with van der Waals surface area (Å²) in [5.41, 5.74) is 3.16. The molecule has 0 radical (unpaired) electrons. The Bertz CT molecular complexity index is 1530. The maximum atomic E-state index is 15.2. The molecule has 0 fully saturated rings. The molecule has 0 spiro atoms. The summed E-state index contributed by atoms with van der Waals surface area (Å²) in [4.78, 5) is 22.4. The van der Waals surface area contributed by atoms with Crippen LogP contribution in [-0.4, -0.2) is 21.4 Å². The molecule has 3 aromatic carbocycles. The quantitative estimate of drug-likeness (QED) is 0.227. The van der Waals surface area contributed by atoms with Gasteiger partial charge in [0, 0.05) is 22.8 Å². The molecule has 2 aromatic heterocycles. The largest absolute Gasteiger partial charge is 0.458 e. The molecule has 0 aliphatic carbocycles. The number of nitrogens with one attached hydrogen (secondary N) is 2. The highest BCUT2D eigenvalue weighted by molar-refractivity contribution is 6.31. The predicted molar refractivity (Wildman–Crippen MR) is 130 cm³/mol. The summed E-state index contributed by atoms with van der Waals surface area (Å²) < 4.78 is 34.5. The number of aromatic amines is 2. The summed E-state index contributed by atoms with van der Waals surface area (Å²) in [6.07, 6.45) is 2.16. The molecule has 2 N–H and O–H groups in total. The van der Waals surface area contributed by atoms with Crippen molar-refractivity contribution in [3.63, 3.8) is 0 Å². The van der Waals surface area contributed by atoms with E-state index in [9.17, 15) is 9.18 Å². The van der Waals surface area contributed by atoms with Crippen LogP contribution in [0.2, 0.25) is 10.0 Å². The van der Waals surface area contributed by atoms with Crippen LogP contribution in [0.5, 0.6) is 0 Å². The first-order valence-corrected chi connectivity index (χ1v) is 11.3. The Morgan fingerprint density at radius 2 is 1.83 bits per heavy atom. The Morgan fingerprint density at radius 1 is 0.971 bits per heavy atom. The summed E-state index contributed by atoms with van der Waals surface area (Å²) in [5, 5.41) is 0.809. The van der Waals surface area contributed by atoms with E-state index in [-0.39, 0.29) is 22.1 Å². The van der Waals surface area contributed by atoms with Gasteiger partial charge in [0.1, 0.15) is 17.7 Å². The Labute approximate surface area is 208 Å². The lowest BCUT2D eigenvalue weighted by Crippen LogP contribution is -2.18. The fourth-order valence-electron chi connectivity index (χ4n) is 4.29. The molecule has 35 heavy (non-hydrogen) atoms. The van der Waals surface area contributed by atoms with Gasteiger partial charge in [-0.05, 0) is 47.3 Å². The molecule has 5 aromatic rings. The first-order valence-electron chi connectivity index (χ1n) is 10.6. The predicted octanol–water partition coefficient (Wildman–Crippen LogP) is 7.19. The number of benzene rings is 3. The molecular formula is C26H17Cl2F2N3O2. The summed E-state index contributed by atoms with van der Waals surface area (Å²) in [6.45, 7) is 0.270. The van der Waals surface area contributed by atoms with E-state index in [2.05, 4.69) is 15.0 Å². The van der Waals surface area contributed by atoms with Crippen LogP contribution >= 0.6 is 23.2 Å². The number of fused-ring (bicyclic) bond motifs is 1. The monoisotopic (exact) mass is 511 g/mol. The minimum Gasteiger partial charge on any atom is -0.458 e. The van der Waals surface area contributed by atoms with Crippen LogP contribution in [0, 0.1) is 11.6 Å². The van der Waals surface area contributed by atoms with Crippen molar-refractivity contribution < 1.29 is 18.3 Å². The molecule has 0 aliphatic heterocycles. The van der Waals surface area contributed by atoms with E-state index in [0.717, 1.165) is 10.9 Å². The van der Waals surface area contributed by atoms with Gasteiger partial charge in [-0.1, -0.05) is 47.5 Å². The molecule has 0 amide bonds. The van der Waals surface area contributed by atoms with Crippen LogP contribution in [-0.2, 0) is 9.53 Å². The number of aromatic nitrogens is 3. The Kier molecular flexibility index (Phi) is 6.28. The fraction of sp³-hybridized carbons (Fsp3) is 0.0769. The SMILES string of the molecule is O=COC(c1cccc(Cl)c1F)C(c1ccc2cc[nH]c2c1)c1nc[nH]c1-c1ccc(F)c(Cl)c1. The van der Waals surface area contributed by atoms with Crippen molar-refractivity contribution in [2.45, 2.75) is 12.0 Å². The van der Waals surface area contributed by atoms with Crippen LogP contribution in [0.25, 0.3) is 22.2 Å². The lowest BCUT2D eigenvalue weighted by atomic mass is 9.84. The van der Waals surface area contributed by atoms with Crippen LogP contribution in [0.1, 0.15) is 28.8 Å². The Morgan fingerprint density at radius 3 is 2.63 bits per heavy atom. The van der Waals surface area contributed by atoms with Crippen molar-refractivity contribution in [3.8, 4) is 11.3 Å². The third-order valence-electron chi connectivity index (χ3n) is 5.90. The topological polar surface area (TPSA) is 70.8 Å².